The Labute approximate surface area is 175 Å². The molecule has 2 aromatic rings. The van der Waals surface area contributed by atoms with Crippen LogP contribution in [0.3, 0.4) is 0 Å². The van der Waals surface area contributed by atoms with E-state index in [-0.39, 0.29) is 31.0 Å². The number of terminal acetylenes is 1. The summed E-state index contributed by atoms with van der Waals surface area (Å²) in [5, 5.41) is 0. The van der Waals surface area contributed by atoms with E-state index in [9.17, 15) is 18.0 Å². The lowest BCUT2D eigenvalue weighted by molar-refractivity contribution is -0.140. The molecular formula is C20H21BrF3N3O2. The Bertz CT molecular complexity index is 894. The molecule has 0 spiro atoms. The molecule has 156 valence electrons. The number of rotatable bonds is 5. The van der Waals surface area contributed by atoms with Gasteiger partial charge in [-0.1, -0.05) is 28.1 Å². The molecule has 0 atom stereocenters. The molecule has 0 unspecified atom stereocenters. The standard InChI is InChI=1S/C20H21BrF3N3O2/c1-5-6-11-27(18(28)29-19(2,3)4)12-15-25-16(17(26-15)20(22,23)24)13-7-9-14(21)10-8-13/h1,7-10H,6,11-12H2,2-4H3,(H,25,26). The first-order chi connectivity index (χ1) is 13.4. The van der Waals surface area contributed by atoms with Crippen LogP contribution in [0.4, 0.5) is 18.0 Å². The largest absolute Gasteiger partial charge is 0.444 e. The van der Waals surface area contributed by atoms with Crippen molar-refractivity contribution < 1.29 is 22.7 Å². The van der Waals surface area contributed by atoms with Gasteiger partial charge in [0.25, 0.3) is 0 Å². The average molecular weight is 472 g/mol. The summed E-state index contributed by atoms with van der Waals surface area (Å²) in [6.45, 7) is 5.02. The van der Waals surface area contributed by atoms with Crippen LogP contribution in [0.5, 0.6) is 0 Å². The summed E-state index contributed by atoms with van der Waals surface area (Å²) in [4.78, 5) is 20.1. The smallest absolute Gasteiger partial charge is 0.433 e. The lowest BCUT2D eigenvalue weighted by Crippen LogP contribution is -2.37. The van der Waals surface area contributed by atoms with E-state index in [0.717, 1.165) is 4.47 Å². The van der Waals surface area contributed by atoms with E-state index >= 15 is 0 Å². The zero-order valence-electron chi connectivity index (χ0n) is 16.2. The minimum Gasteiger partial charge on any atom is -0.444 e. The lowest BCUT2D eigenvalue weighted by atomic mass is 10.1. The minimum absolute atomic E-state index is 0.0156. The Morgan fingerprint density at radius 1 is 1.28 bits per heavy atom. The first-order valence-corrected chi connectivity index (χ1v) is 9.53. The zero-order chi connectivity index (χ0) is 21.8. The molecule has 29 heavy (non-hydrogen) atoms. The number of hydrogen-bond acceptors (Lipinski definition) is 3. The van der Waals surface area contributed by atoms with Gasteiger partial charge in [-0.2, -0.15) is 13.2 Å². The Morgan fingerprint density at radius 2 is 1.90 bits per heavy atom. The Morgan fingerprint density at radius 3 is 2.41 bits per heavy atom. The van der Waals surface area contributed by atoms with Gasteiger partial charge in [0.15, 0.2) is 0 Å². The van der Waals surface area contributed by atoms with Crippen LogP contribution < -0.4 is 0 Å². The van der Waals surface area contributed by atoms with Crippen molar-refractivity contribution in [2.45, 2.75) is 45.5 Å². The molecule has 0 aliphatic carbocycles. The number of nitrogens with zero attached hydrogens (tertiary/aromatic N) is 2. The molecule has 1 amide bonds. The van der Waals surface area contributed by atoms with Crippen molar-refractivity contribution in [3.63, 3.8) is 0 Å². The van der Waals surface area contributed by atoms with Crippen LogP contribution in [-0.4, -0.2) is 33.1 Å². The molecule has 0 radical (unpaired) electrons. The van der Waals surface area contributed by atoms with Crippen molar-refractivity contribution >= 4 is 22.0 Å². The highest BCUT2D eigenvalue weighted by Gasteiger charge is 2.37. The van der Waals surface area contributed by atoms with E-state index in [2.05, 4.69) is 31.8 Å². The minimum atomic E-state index is -4.64. The summed E-state index contributed by atoms with van der Waals surface area (Å²) >= 11 is 3.25. The van der Waals surface area contributed by atoms with Gasteiger partial charge in [0.05, 0.1) is 6.54 Å². The number of imidazole rings is 1. The average Bonchev–Trinajstić information content (AvgIpc) is 3.02. The number of H-pyrrole nitrogens is 1. The molecule has 5 nitrogen and oxygen atoms in total. The number of carbonyl (C=O) groups excluding carboxylic acids is 1. The first kappa shape index (κ1) is 22.8. The van der Waals surface area contributed by atoms with E-state index in [0.29, 0.717) is 5.56 Å². The van der Waals surface area contributed by atoms with Gasteiger partial charge in [0.2, 0.25) is 0 Å². The number of hydrogen-bond donors (Lipinski definition) is 1. The van der Waals surface area contributed by atoms with Gasteiger partial charge in [-0.05, 0) is 32.9 Å². The summed E-state index contributed by atoms with van der Waals surface area (Å²) in [5.41, 5.74) is -1.67. The Hall–Kier alpha value is -2.47. The normalized spacial score (nSPS) is 11.8. The van der Waals surface area contributed by atoms with Crippen LogP contribution in [0, 0.1) is 12.3 Å². The van der Waals surface area contributed by atoms with Gasteiger partial charge in [0, 0.05) is 23.0 Å². The molecule has 1 heterocycles. The number of aromatic nitrogens is 2. The maximum absolute atomic E-state index is 13.5. The third-order valence-electron chi connectivity index (χ3n) is 3.67. The fraction of sp³-hybridized carbons (Fsp3) is 0.400. The monoisotopic (exact) mass is 471 g/mol. The van der Waals surface area contributed by atoms with E-state index in [4.69, 9.17) is 11.2 Å². The van der Waals surface area contributed by atoms with Crippen molar-refractivity contribution in [2.24, 2.45) is 0 Å². The third-order valence-corrected chi connectivity index (χ3v) is 4.20. The molecule has 0 saturated carbocycles. The molecule has 1 aromatic carbocycles. The molecule has 0 bridgehead atoms. The predicted molar refractivity (Wildman–Crippen MR) is 107 cm³/mol. The number of halogens is 4. The number of nitrogens with one attached hydrogen (secondary N) is 1. The second-order valence-corrected chi connectivity index (χ2v) is 8.18. The molecule has 1 N–H and O–H groups in total. The van der Waals surface area contributed by atoms with Gasteiger partial charge in [-0.15, -0.1) is 12.3 Å². The topological polar surface area (TPSA) is 58.2 Å². The summed E-state index contributed by atoms with van der Waals surface area (Å²) in [5.74, 6) is 2.39. The lowest BCUT2D eigenvalue weighted by Gasteiger charge is -2.26. The molecule has 0 saturated heterocycles. The summed E-state index contributed by atoms with van der Waals surface area (Å²) in [6.07, 6.45) is 0.181. The highest BCUT2D eigenvalue weighted by atomic mass is 79.9. The number of amides is 1. The van der Waals surface area contributed by atoms with Crippen molar-refractivity contribution in [3.05, 3.63) is 40.3 Å². The maximum Gasteiger partial charge on any atom is 0.433 e. The van der Waals surface area contributed by atoms with E-state index < -0.39 is 23.6 Å². The van der Waals surface area contributed by atoms with Crippen LogP contribution in [0.25, 0.3) is 11.3 Å². The van der Waals surface area contributed by atoms with Crippen LogP contribution in [0.15, 0.2) is 28.7 Å². The number of carbonyl (C=O) groups is 1. The molecule has 9 heteroatoms. The summed E-state index contributed by atoms with van der Waals surface area (Å²) < 4.78 is 46.7. The third kappa shape index (κ3) is 6.53. The van der Waals surface area contributed by atoms with Crippen LogP contribution >= 0.6 is 15.9 Å². The number of ether oxygens (including phenoxy) is 1. The van der Waals surface area contributed by atoms with Crippen molar-refractivity contribution in [1.29, 1.82) is 0 Å². The zero-order valence-corrected chi connectivity index (χ0v) is 17.8. The van der Waals surface area contributed by atoms with Crippen LogP contribution in [0.1, 0.15) is 38.7 Å². The van der Waals surface area contributed by atoms with Gasteiger partial charge < -0.3 is 9.72 Å². The van der Waals surface area contributed by atoms with Gasteiger partial charge in [0.1, 0.15) is 22.8 Å². The molecule has 1 aromatic heterocycles. The molecule has 0 aliphatic heterocycles. The maximum atomic E-state index is 13.5. The Kier molecular flexibility index (Phi) is 7.01. The highest BCUT2D eigenvalue weighted by molar-refractivity contribution is 9.10. The molecular weight excluding hydrogens is 451 g/mol. The van der Waals surface area contributed by atoms with Gasteiger partial charge in [-0.25, -0.2) is 9.78 Å². The van der Waals surface area contributed by atoms with Crippen LogP contribution in [0.2, 0.25) is 0 Å². The number of aromatic amines is 1. The first-order valence-electron chi connectivity index (χ1n) is 8.74. The fourth-order valence-electron chi connectivity index (χ4n) is 2.46. The van der Waals surface area contributed by atoms with E-state index in [1.54, 1.807) is 32.9 Å². The number of alkyl halides is 3. The second-order valence-electron chi connectivity index (χ2n) is 7.27. The second kappa shape index (κ2) is 8.91. The van der Waals surface area contributed by atoms with Crippen LogP contribution in [-0.2, 0) is 17.5 Å². The fourth-order valence-corrected chi connectivity index (χ4v) is 2.72. The summed E-state index contributed by atoms with van der Waals surface area (Å²) in [7, 11) is 0. The van der Waals surface area contributed by atoms with Crippen molar-refractivity contribution in [2.75, 3.05) is 6.54 Å². The van der Waals surface area contributed by atoms with Gasteiger partial charge >= 0.3 is 12.3 Å². The number of benzene rings is 1. The van der Waals surface area contributed by atoms with E-state index in [1.807, 2.05) is 0 Å². The van der Waals surface area contributed by atoms with E-state index in [1.165, 1.54) is 17.0 Å². The SMILES string of the molecule is C#CCCN(Cc1nc(-c2ccc(Br)cc2)c(C(F)(F)F)[nH]1)C(=O)OC(C)(C)C. The molecule has 0 aliphatic rings. The van der Waals surface area contributed by atoms with Crippen molar-refractivity contribution in [3.8, 4) is 23.6 Å². The quantitative estimate of drug-likeness (QED) is 0.575. The summed E-state index contributed by atoms with van der Waals surface area (Å²) in [6, 6.07) is 6.32. The predicted octanol–water partition coefficient (Wildman–Crippen LogP) is 5.62. The Balaban J connectivity index is 2.38. The highest BCUT2D eigenvalue weighted by Crippen LogP contribution is 2.36. The molecule has 0 fully saturated rings. The van der Waals surface area contributed by atoms with Crippen molar-refractivity contribution in [1.82, 2.24) is 14.9 Å². The van der Waals surface area contributed by atoms with Gasteiger partial charge in [-0.3, -0.25) is 4.90 Å². The molecule has 2 rings (SSSR count).